The molecule has 1 N–H and O–H groups in total. The summed E-state index contributed by atoms with van der Waals surface area (Å²) < 4.78 is 5.16. The summed E-state index contributed by atoms with van der Waals surface area (Å²) >= 11 is 6.01. The Kier molecular flexibility index (Phi) is 5.20. The third-order valence-corrected chi connectivity index (χ3v) is 2.51. The molecule has 102 valence electrons. The van der Waals surface area contributed by atoms with Crippen molar-refractivity contribution < 1.29 is 9.53 Å². The van der Waals surface area contributed by atoms with Gasteiger partial charge >= 0.3 is 6.09 Å². The van der Waals surface area contributed by atoms with Crippen molar-refractivity contribution in [1.82, 2.24) is 0 Å². The largest absolute Gasteiger partial charge is 0.444 e. The van der Waals surface area contributed by atoms with Crippen LogP contribution in [0, 0.1) is 6.57 Å². The second-order valence-corrected chi connectivity index (χ2v) is 5.48. The Bertz CT molecular complexity index is 501. The third-order valence-electron chi connectivity index (χ3n) is 2.18. The van der Waals surface area contributed by atoms with E-state index in [-0.39, 0.29) is 0 Å². The first-order valence-electron chi connectivity index (χ1n) is 5.93. The molecule has 5 heteroatoms. The zero-order chi connectivity index (χ0) is 14.5. The Balaban J connectivity index is 2.77. The van der Waals surface area contributed by atoms with Gasteiger partial charge in [0.25, 0.3) is 0 Å². The normalized spacial score (nSPS) is 10.7. The van der Waals surface area contributed by atoms with Crippen molar-refractivity contribution in [2.75, 3.05) is 11.9 Å². The van der Waals surface area contributed by atoms with Crippen molar-refractivity contribution >= 4 is 23.4 Å². The molecule has 0 unspecified atom stereocenters. The third kappa shape index (κ3) is 5.62. The van der Waals surface area contributed by atoms with Crippen LogP contribution < -0.4 is 5.32 Å². The maximum atomic E-state index is 11.7. The summed E-state index contributed by atoms with van der Waals surface area (Å²) in [5.74, 6) is 0. The molecule has 0 saturated heterocycles. The summed E-state index contributed by atoms with van der Waals surface area (Å²) in [6, 6.07) is 5.30. The number of amides is 1. The van der Waals surface area contributed by atoms with Crippen LogP contribution in [0.25, 0.3) is 4.85 Å². The lowest BCUT2D eigenvalue weighted by atomic mass is 10.1. The molecule has 19 heavy (non-hydrogen) atoms. The minimum Gasteiger partial charge on any atom is -0.444 e. The Morgan fingerprint density at radius 1 is 1.47 bits per heavy atom. The van der Waals surface area contributed by atoms with E-state index in [2.05, 4.69) is 10.2 Å². The fraction of sp³-hybridized carbons (Fsp3) is 0.429. The number of hydrogen-bond acceptors (Lipinski definition) is 2. The van der Waals surface area contributed by atoms with Crippen molar-refractivity contribution in [3.8, 4) is 0 Å². The van der Waals surface area contributed by atoms with E-state index in [9.17, 15) is 4.79 Å². The van der Waals surface area contributed by atoms with Crippen LogP contribution in [-0.2, 0) is 11.2 Å². The summed E-state index contributed by atoms with van der Waals surface area (Å²) in [7, 11) is 0. The number of carbonyl (C=O) groups excluding carboxylic acids is 1. The van der Waals surface area contributed by atoms with Crippen molar-refractivity contribution in [3.05, 3.63) is 40.2 Å². The minimum absolute atomic E-state index is 0.410. The van der Waals surface area contributed by atoms with Gasteiger partial charge in [0.2, 0.25) is 6.54 Å². The molecule has 0 aliphatic carbocycles. The van der Waals surface area contributed by atoms with Gasteiger partial charge in [-0.05, 0) is 38.5 Å². The van der Waals surface area contributed by atoms with Crippen LogP contribution in [0.5, 0.6) is 0 Å². The SMILES string of the molecule is [C-]#[N+]CCc1ccc(Cl)c(NC(=O)OC(C)(C)C)c1. The summed E-state index contributed by atoms with van der Waals surface area (Å²) in [6.45, 7) is 12.6. The number of halogens is 1. The van der Waals surface area contributed by atoms with E-state index in [1.807, 2.05) is 6.07 Å². The molecule has 0 fully saturated rings. The van der Waals surface area contributed by atoms with Gasteiger partial charge in [0.05, 0.1) is 10.7 Å². The fourth-order valence-electron chi connectivity index (χ4n) is 1.42. The summed E-state index contributed by atoms with van der Waals surface area (Å²) in [5.41, 5.74) is 0.892. The molecule has 0 radical (unpaired) electrons. The molecule has 0 bridgehead atoms. The molecule has 0 atom stereocenters. The van der Waals surface area contributed by atoms with E-state index >= 15 is 0 Å². The topological polar surface area (TPSA) is 42.7 Å². The highest BCUT2D eigenvalue weighted by Crippen LogP contribution is 2.24. The standard InChI is InChI=1S/C14H17ClN2O2/c1-14(2,3)19-13(18)17-12-9-10(7-8-16-4)5-6-11(12)15/h5-6,9H,7-8H2,1-3H3,(H,17,18). The van der Waals surface area contributed by atoms with Crippen LogP contribution in [0.4, 0.5) is 10.5 Å². The lowest BCUT2D eigenvalue weighted by Crippen LogP contribution is -2.27. The zero-order valence-electron chi connectivity index (χ0n) is 11.3. The lowest BCUT2D eigenvalue weighted by Gasteiger charge is -2.20. The molecule has 0 spiro atoms. The fourth-order valence-corrected chi connectivity index (χ4v) is 1.59. The predicted molar refractivity (Wildman–Crippen MR) is 76.5 cm³/mol. The Hall–Kier alpha value is -1.73. The Morgan fingerprint density at radius 3 is 2.74 bits per heavy atom. The maximum absolute atomic E-state index is 11.7. The monoisotopic (exact) mass is 280 g/mol. The quantitative estimate of drug-likeness (QED) is 0.845. The molecule has 0 saturated carbocycles. The van der Waals surface area contributed by atoms with E-state index in [4.69, 9.17) is 22.9 Å². The average Bonchev–Trinajstić information content (AvgIpc) is 2.27. The number of nitrogens with one attached hydrogen (secondary N) is 1. The molecule has 1 aromatic carbocycles. The second-order valence-electron chi connectivity index (χ2n) is 5.07. The molecule has 0 heterocycles. The number of carbonyl (C=O) groups is 1. The highest BCUT2D eigenvalue weighted by Gasteiger charge is 2.17. The van der Waals surface area contributed by atoms with Crippen LogP contribution in [0.2, 0.25) is 5.02 Å². The van der Waals surface area contributed by atoms with E-state index in [0.717, 1.165) is 5.56 Å². The van der Waals surface area contributed by atoms with Crippen LogP contribution >= 0.6 is 11.6 Å². The number of benzene rings is 1. The Labute approximate surface area is 118 Å². The highest BCUT2D eigenvalue weighted by molar-refractivity contribution is 6.33. The smallest absolute Gasteiger partial charge is 0.412 e. The van der Waals surface area contributed by atoms with E-state index < -0.39 is 11.7 Å². The molecule has 0 aromatic heterocycles. The number of nitrogens with zero attached hydrogens (tertiary/aromatic N) is 1. The molecule has 1 amide bonds. The van der Waals surface area contributed by atoms with Gasteiger partial charge in [-0.15, -0.1) is 0 Å². The summed E-state index contributed by atoms with van der Waals surface area (Å²) in [5, 5.41) is 3.06. The van der Waals surface area contributed by atoms with Gasteiger partial charge in [-0.3, -0.25) is 5.32 Å². The molecule has 1 aromatic rings. The van der Waals surface area contributed by atoms with Gasteiger partial charge in [-0.1, -0.05) is 17.7 Å². The van der Waals surface area contributed by atoms with Crippen LogP contribution in [0.3, 0.4) is 0 Å². The first-order chi connectivity index (χ1) is 8.81. The van der Waals surface area contributed by atoms with Crippen molar-refractivity contribution in [2.24, 2.45) is 0 Å². The number of anilines is 1. The first kappa shape index (κ1) is 15.3. The second kappa shape index (κ2) is 6.44. The average molecular weight is 281 g/mol. The van der Waals surface area contributed by atoms with E-state index in [0.29, 0.717) is 23.7 Å². The summed E-state index contributed by atoms with van der Waals surface area (Å²) in [6.07, 6.45) is 0.0839. The van der Waals surface area contributed by atoms with Crippen LogP contribution in [-0.4, -0.2) is 18.2 Å². The predicted octanol–water partition coefficient (Wildman–Crippen LogP) is 4.15. The van der Waals surface area contributed by atoms with Gasteiger partial charge < -0.3 is 9.58 Å². The number of ether oxygens (including phenoxy) is 1. The lowest BCUT2D eigenvalue weighted by molar-refractivity contribution is 0.0636. The van der Waals surface area contributed by atoms with Gasteiger partial charge in [0.15, 0.2) is 0 Å². The van der Waals surface area contributed by atoms with Crippen molar-refractivity contribution in [1.29, 1.82) is 0 Å². The molecule has 0 aliphatic rings. The molecule has 0 aliphatic heterocycles. The van der Waals surface area contributed by atoms with Gasteiger partial charge in [-0.25, -0.2) is 11.4 Å². The molecular weight excluding hydrogens is 264 g/mol. The minimum atomic E-state index is -0.557. The number of rotatable bonds is 3. The van der Waals surface area contributed by atoms with Gasteiger partial charge in [0, 0.05) is 6.42 Å². The van der Waals surface area contributed by atoms with Crippen LogP contribution in [0.1, 0.15) is 26.3 Å². The van der Waals surface area contributed by atoms with Crippen LogP contribution in [0.15, 0.2) is 18.2 Å². The van der Waals surface area contributed by atoms with Gasteiger partial charge in [0.1, 0.15) is 5.60 Å². The highest BCUT2D eigenvalue weighted by atomic mass is 35.5. The summed E-state index contributed by atoms with van der Waals surface area (Å²) in [4.78, 5) is 15.0. The van der Waals surface area contributed by atoms with Crippen molar-refractivity contribution in [2.45, 2.75) is 32.8 Å². The Morgan fingerprint density at radius 2 is 2.16 bits per heavy atom. The first-order valence-corrected chi connectivity index (χ1v) is 6.31. The molecule has 4 nitrogen and oxygen atoms in total. The molecule has 1 rings (SSSR count). The number of hydrogen-bond donors (Lipinski definition) is 1. The zero-order valence-corrected chi connectivity index (χ0v) is 12.0. The van der Waals surface area contributed by atoms with E-state index in [1.54, 1.807) is 32.9 Å². The molecular formula is C14H17ClN2O2. The maximum Gasteiger partial charge on any atom is 0.412 e. The van der Waals surface area contributed by atoms with Crippen molar-refractivity contribution in [3.63, 3.8) is 0 Å². The van der Waals surface area contributed by atoms with E-state index in [1.165, 1.54) is 0 Å². The van der Waals surface area contributed by atoms with Gasteiger partial charge in [-0.2, -0.15) is 0 Å².